The number of nitrogens with one attached hydrogen (secondary N) is 1. The minimum absolute atomic E-state index is 0.0926. The Kier molecular flexibility index (Phi) is 3.36. The maximum atomic E-state index is 13.6. The van der Waals surface area contributed by atoms with Gasteiger partial charge in [-0.25, -0.2) is 8.78 Å². The highest BCUT2D eigenvalue weighted by Crippen LogP contribution is 2.27. The second-order valence-corrected chi connectivity index (χ2v) is 3.57. The smallest absolute Gasteiger partial charge is 0.165 e. The molecule has 0 aromatic heterocycles. The summed E-state index contributed by atoms with van der Waals surface area (Å²) in [6.07, 6.45) is -0.436. The minimum atomic E-state index is -0.576. The van der Waals surface area contributed by atoms with Gasteiger partial charge in [-0.1, -0.05) is 0 Å². The fourth-order valence-electron chi connectivity index (χ4n) is 1.71. The Morgan fingerprint density at radius 3 is 2.81 bits per heavy atom. The number of halogens is 2. The fourth-order valence-corrected chi connectivity index (χ4v) is 1.71. The Balaban J connectivity index is 2.29. The van der Waals surface area contributed by atoms with Crippen LogP contribution in [-0.2, 0) is 4.74 Å². The number of ether oxygens (including phenoxy) is 2. The molecule has 16 heavy (non-hydrogen) atoms. The summed E-state index contributed by atoms with van der Waals surface area (Å²) < 4.78 is 37.1. The summed E-state index contributed by atoms with van der Waals surface area (Å²) >= 11 is 0. The SMILES string of the molecule is COc1cc(F)c(C2CNCCO2)cc1F. The molecule has 3 nitrogen and oxygen atoms in total. The maximum absolute atomic E-state index is 13.6. The van der Waals surface area contributed by atoms with Crippen LogP contribution in [0.1, 0.15) is 11.7 Å². The van der Waals surface area contributed by atoms with Gasteiger partial charge in [0.1, 0.15) is 5.82 Å². The third-order valence-electron chi connectivity index (χ3n) is 2.55. The van der Waals surface area contributed by atoms with Crippen molar-refractivity contribution in [1.82, 2.24) is 5.32 Å². The first-order valence-corrected chi connectivity index (χ1v) is 5.07. The summed E-state index contributed by atoms with van der Waals surface area (Å²) in [7, 11) is 1.30. The lowest BCUT2D eigenvalue weighted by Gasteiger charge is -2.24. The van der Waals surface area contributed by atoms with Gasteiger partial charge in [-0.3, -0.25) is 0 Å². The average Bonchev–Trinajstić information content (AvgIpc) is 2.32. The topological polar surface area (TPSA) is 30.5 Å². The quantitative estimate of drug-likeness (QED) is 0.836. The van der Waals surface area contributed by atoms with Crippen molar-refractivity contribution in [2.75, 3.05) is 26.8 Å². The first-order valence-electron chi connectivity index (χ1n) is 5.07. The highest BCUT2D eigenvalue weighted by atomic mass is 19.1. The first-order chi connectivity index (χ1) is 7.72. The molecule has 1 heterocycles. The zero-order valence-corrected chi connectivity index (χ0v) is 8.93. The minimum Gasteiger partial charge on any atom is -0.494 e. The Morgan fingerprint density at radius 2 is 2.19 bits per heavy atom. The normalized spacial score (nSPS) is 20.8. The zero-order valence-electron chi connectivity index (χ0n) is 8.93. The molecule has 1 unspecified atom stereocenters. The van der Waals surface area contributed by atoms with Gasteiger partial charge < -0.3 is 14.8 Å². The van der Waals surface area contributed by atoms with Gasteiger partial charge in [0.05, 0.1) is 19.8 Å². The van der Waals surface area contributed by atoms with Crippen molar-refractivity contribution in [3.8, 4) is 5.75 Å². The molecule has 0 aliphatic carbocycles. The Morgan fingerprint density at radius 1 is 1.38 bits per heavy atom. The lowest BCUT2D eigenvalue weighted by Crippen LogP contribution is -2.33. The van der Waals surface area contributed by atoms with Gasteiger partial charge in [-0.2, -0.15) is 0 Å². The average molecular weight is 229 g/mol. The van der Waals surface area contributed by atoms with Crippen LogP contribution in [0.5, 0.6) is 5.75 Å². The van der Waals surface area contributed by atoms with Crippen molar-refractivity contribution in [3.05, 3.63) is 29.3 Å². The molecule has 0 bridgehead atoms. The molecule has 1 fully saturated rings. The monoisotopic (exact) mass is 229 g/mol. The fraction of sp³-hybridized carbons (Fsp3) is 0.455. The molecule has 1 saturated heterocycles. The van der Waals surface area contributed by atoms with Crippen LogP contribution in [0.4, 0.5) is 8.78 Å². The standard InChI is InChI=1S/C11H13F2NO2/c1-15-10-5-8(12)7(4-9(10)13)11-6-14-2-3-16-11/h4-5,11,14H,2-3,6H2,1H3. The van der Waals surface area contributed by atoms with Gasteiger partial charge in [-0.05, 0) is 6.07 Å². The number of methoxy groups -OCH3 is 1. The van der Waals surface area contributed by atoms with E-state index in [0.717, 1.165) is 18.7 Å². The summed E-state index contributed by atoms with van der Waals surface area (Å²) in [4.78, 5) is 0. The number of hydrogen-bond donors (Lipinski definition) is 1. The number of morpholine rings is 1. The van der Waals surface area contributed by atoms with E-state index in [1.807, 2.05) is 0 Å². The third-order valence-corrected chi connectivity index (χ3v) is 2.55. The van der Waals surface area contributed by atoms with Crippen LogP contribution in [0.2, 0.25) is 0 Å². The maximum Gasteiger partial charge on any atom is 0.165 e. The highest BCUT2D eigenvalue weighted by Gasteiger charge is 2.21. The van der Waals surface area contributed by atoms with E-state index in [9.17, 15) is 8.78 Å². The van der Waals surface area contributed by atoms with Gasteiger partial charge in [0.2, 0.25) is 0 Å². The molecular weight excluding hydrogens is 216 g/mol. The van der Waals surface area contributed by atoms with Crippen molar-refractivity contribution in [2.24, 2.45) is 0 Å². The predicted octanol–water partition coefficient (Wildman–Crippen LogP) is 1.63. The van der Waals surface area contributed by atoms with Crippen molar-refractivity contribution >= 4 is 0 Å². The van der Waals surface area contributed by atoms with E-state index in [1.54, 1.807) is 0 Å². The Bertz CT molecular complexity index is 378. The molecular formula is C11H13F2NO2. The molecule has 5 heteroatoms. The molecule has 0 saturated carbocycles. The van der Waals surface area contributed by atoms with Crippen molar-refractivity contribution in [2.45, 2.75) is 6.10 Å². The molecule has 2 rings (SSSR count). The van der Waals surface area contributed by atoms with Crippen LogP contribution < -0.4 is 10.1 Å². The Labute approximate surface area is 92.4 Å². The van der Waals surface area contributed by atoms with E-state index in [-0.39, 0.29) is 11.3 Å². The lowest BCUT2D eigenvalue weighted by molar-refractivity contribution is 0.0253. The second kappa shape index (κ2) is 4.76. The molecule has 1 N–H and O–H groups in total. The van der Waals surface area contributed by atoms with Gasteiger partial charge in [-0.15, -0.1) is 0 Å². The third kappa shape index (κ3) is 2.15. The Hall–Kier alpha value is -1.20. The molecule has 0 amide bonds. The summed E-state index contributed by atoms with van der Waals surface area (Å²) in [5.74, 6) is -1.18. The zero-order chi connectivity index (χ0) is 11.5. The van der Waals surface area contributed by atoms with Crippen LogP contribution in [-0.4, -0.2) is 26.8 Å². The molecule has 1 aromatic rings. The van der Waals surface area contributed by atoms with Crippen LogP contribution >= 0.6 is 0 Å². The van der Waals surface area contributed by atoms with E-state index in [1.165, 1.54) is 7.11 Å². The van der Waals surface area contributed by atoms with Crippen LogP contribution in [0.25, 0.3) is 0 Å². The molecule has 1 aliphatic rings. The number of benzene rings is 1. The second-order valence-electron chi connectivity index (χ2n) is 3.57. The van der Waals surface area contributed by atoms with Crippen molar-refractivity contribution < 1.29 is 18.3 Å². The van der Waals surface area contributed by atoms with Crippen LogP contribution in [0.15, 0.2) is 12.1 Å². The predicted molar refractivity (Wildman–Crippen MR) is 54.5 cm³/mol. The van der Waals surface area contributed by atoms with E-state index >= 15 is 0 Å². The highest BCUT2D eigenvalue weighted by molar-refractivity contribution is 5.32. The molecule has 1 atom stereocenters. The number of rotatable bonds is 2. The molecule has 0 radical (unpaired) electrons. The van der Waals surface area contributed by atoms with E-state index in [0.29, 0.717) is 13.2 Å². The van der Waals surface area contributed by atoms with Gasteiger partial charge in [0, 0.05) is 24.7 Å². The van der Waals surface area contributed by atoms with E-state index < -0.39 is 17.7 Å². The van der Waals surface area contributed by atoms with E-state index in [4.69, 9.17) is 9.47 Å². The van der Waals surface area contributed by atoms with Gasteiger partial charge in [0.15, 0.2) is 11.6 Å². The molecule has 0 spiro atoms. The summed E-state index contributed by atoms with van der Waals surface area (Å²) in [6.45, 7) is 1.72. The summed E-state index contributed by atoms with van der Waals surface area (Å²) in [5, 5.41) is 3.06. The molecule has 88 valence electrons. The molecule has 1 aromatic carbocycles. The molecule has 1 aliphatic heterocycles. The van der Waals surface area contributed by atoms with Gasteiger partial charge >= 0.3 is 0 Å². The van der Waals surface area contributed by atoms with Crippen molar-refractivity contribution in [3.63, 3.8) is 0 Å². The van der Waals surface area contributed by atoms with Crippen molar-refractivity contribution in [1.29, 1.82) is 0 Å². The van der Waals surface area contributed by atoms with Crippen LogP contribution in [0, 0.1) is 11.6 Å². The largest absolute Gasteiger partial charge is 0.494 e. The van der Waals surface area contributed by atoms with Gasteiger partial charge in [0.25, 0.3) is 0 Å². The summed E-state index contributed by atoms with van der Waals surface area (Å²) in [5.41, 5.74) is 0.227. The summed E-state index contributed by atoms with van der Waals surface area (Å²) in [6, 6.07) is 2.18. The van der Waals surface area contributed by atoms with E-state index in [2.05, 4.69) is 5.32 Å². The first kappa shape index (κ1) is 11.3. The number of hydrogen-bond acceptors (Lipinski definition) is 3. The van der Waals surface area contributed by atoms with Crippen LogP contribution in [0.3, 0.4) is 0 Å². The lowest BCUT2D eigenvalue weighted by atomic mass is 10.1.